The van der Waals surface area contributed by atoms with Crippen LogP contribution in [-0.4, -0.2) is 42.1 Å². The summed E-state index contributed by atoms with van der Waals surface area (Å²) < 4.78 is 11.8. The molecule has 27 heavy (non-hydrogen) atoms. The van der Waals surface area contributed by atoms with Crippen LogP contribution in [0.5, 0.6) is 5.75 Å². The number of carbonyl (C=O) groups excluding carboxylic acids is 2. The molecule has 0 radical (unpaired) electrons. The normalized spacial score (nSPS) is 28.1. The van der Waals surface area contributed by atoms with Crippen molar-refractivity contribution in [3.8, 4) is 5.75 Å². The smallest absolute Gasteiger partial charge is 0.255 e. The van der Waals surface area contributed by atoms with Crippen molar-refractivity contribution in [2.45, 2.75) is 63.3 Å². The van der Waals surface area contributed by atoms with Gasteiger partial charge in [-0.05, 0) is 55.9 Å². The number of amides is 2. The third kappa shape index (κ3) is 3.46. The van der Waals surface area contributed by atoms with Gasteiger partial charge >= 0.3 is 0 Å². The number of hydrogen-bond donors (Lipinski definition) is 1. The van der Waals surface area contributed by atoms with Crippen LogP contribution in [0, 0.1) is 0 Å². The lowest BCUT2D eigenvalue weighted by molar-refractivity contribution is -0.126. The molecule has 1 unspecified atom stereocenters. The van der Waals surface area contributed by atoms with E-state index in [1.54, 1.807) is 12.0 Å². The van der Waals surface area contributed by atoms with Crippen molar-refractivity contribution in [1.29, 1.82) is 0 Å². The molecule has 2 amide bonds. The van der Waals surface area contributed by atoms with Crippen LogP contribution in [0.4, 0.5) is 0 Å². The first-order chi connectivity index (χ1) is 13.1. The first-order valence-electron chi connectivity index (χ1n) is 9.69. The molecule has 4 rings (SSSR count). The summed E-state index contributed by atoms with van der Waals surface area (Å²) in [5.41, 5.74) is 2.29. The second-order valence-electron chi connectivity index (χ2n) is 7.61. The van der Waals surface area contributed by atoms with Crippen molar-refractivity contribution < 1.29 is 19.1 Å². The van der Waals surface area contributed by atoms with Crippen molar-refractivity contribution in [2.24, 2.45) is 0 Å². The van der Waals surface area contributed by atoms with Crippen molar-refractivity contribution >= 4 is 11.8 Å². The minimum Gasteiger partial charge on any atom is -0.488 e. The molecule has 3 aliphatic rings. The Balaban J connectivity index is 1.49. The molecule has 1 aliphatic carbocycles. The van der Waals surface area contributed by atoms with Crippen molar-refractivity contribution in [1.82, 2.24) is 10.2 Å². The lowest BCUT2D eigenvalue weighted by Crippen LogP contribution is -2.49. The molecule has 144 valence electrons. The highest BCUT2D eigenvalue weighted by molar-refractivity contribution is 6.01. The molecule has 6 heteroatoms. The monoisotopic (exact) mass is 370 g/mol. The van der Waals surface area contributed by atoms with E-state index in [2.05, 4.69) is 11.9 Å². The number of hydrogen-bond acceptors (Lipinski definition) is 4. The highest BCUT2D eigenvalue weighted by Gasteiger charge is 2.38. The van der Waals surface area contributed by atoms with Gasteiger partial charge in [-0.2, -0.15) is 0 Å². The summed E-state index contributed by atoms with van der Waals surface area (Å²) in [6.45, 7) is 4.24. The average Bonchev–Trinajstić information content (AvgIpc) is 2.98. The maximum atomic E-state index is 12.8. The number of nitrogens with one attached hydrogen (secondary N) is 1. The van der Waals surface area contributed by atoms with Crippen LogP contribution in [0.1, 0.15) is 54.4 Å². The molecular formula is C21H26N2O4. The fourth-order valence-electron chi connectivity index (χ4n) is 4.35. The zero-order chi connectivity index (χ0) is 19.0. The minimum atomic E-state index is -0.434. The van der Waals surface area contributed by atoms with Gasteiger partial charge in [0.1, 0.15) is 17.9 Å². The van der Waals surface area contributed by atoms with Gasteiger partial charge in [0.2, 0.25) is 5.91 Å². The Morgan fingerprint density at radius 3 is 2.67 bits per heavy atom. The van der Waals surface area contributed by atoms with E-state index in [1.165, 1.54) is 6.42 Å². The first kappa shape index (κ1) is 18.0. The molecule has 0 bridgehead atoms. The van der Waals surface area contributed by atoms with Crippen LogP contribution in [0.2, 0.25) is 0 Å². The summed E-state index contributed by atoms with van der Waals surface area (Å²) >= 11 is 0. The van der Waals surface area contributed by atoms with Gasteiger partial charge in [-0.25, -0.2) is 0 Å². The SMILES string of the molecule is C=C1CCC(N2Cc3cc(O[C@H]4CCCC[C@H]4OC)ccc3C2=O)C(=O)N1. The summed E-state index contributed by atoms with van der Waals surface area (Å²) in [4.78, 5) is 26.7. The predicted octanol–water partition coefficient (Wildman–Crippen LogP) is 2.77. The van der Waals surface area contributed by atoms with Gasteiger partial charge in [-0.15, -0.1) is 0 Å². The Morgan fingerprint density at radius 1 is 1.15 bits per heavy atom. The van der Waals surface area contributed by atoms with Crippen LogP contribution in [0.15, 0.2) is 30.5 Å². The quantitative estimate of drug-likeness (QED) is 0.885. The number of allylic oxidation sites excluding steroid dienone is 1. The summed E-state index contributed by atoms with van der Waals surface area (Å²) in [6.07, 6.45) is 5.78. The largest absolute Gasteiger partial charge is 0.488 e. The number of fused-ring (bicyclic) bond motifs is 1. The molecule has 1 aromatic rings. The number of rotatable bonds is 4. The molecule has 6 nitrogen and oxygen atoms in total. The highest BCUT2D eigenvalue weighted by Crippen LogP contribution is 2.32. The molecule has 2 heterocycles. The number of methoxy groups -OCH3 is 1. The third-order valence-electron chi connectivity index (χ3n) is 5.84. The van der Waals surface area contributed by atoms with Crippen molar-refractivity contribution in [3.63, 3.8) is 0 Å². The topological polar surface area (TPSA) is 67.9 Å². The molecular weight excluding hydrogens is 344 g/mol. The number of ether oxygens (including phenoxy) is 2. The Bertz CT molecular complexity index is 775. The molecule has 2 fully saturated rings. The Labute approximate surface area is 159 Å². The van der Waals surface area contributed by atoms with E-state index in [4.69, 9.17) is 9.47 Å². The maximum Gasteiger partial charge on any atom is 0.255 e. The predicted molar refractivity (Wildman–Crippen MR) is 100 cm³/mol. The number of carbonyl (C=O) groups is 2. The fraction of sp³-hybridized carbons (Fsp3) is 0.524. The van der Waals surface area contributed by atoms with Gasteiger partial charge in [0.15, 0.2) is 0 Å². The second kappa shape index (κ2) is 7.35. The Hall–Kier alpha value is -2.34. The van der Waals surface area contributed by atoms with Gasteiger partial charge in [0.25, 0.3) is 5.91 Å². The summed E-state index contributed by atoms with van der Waals surface area (Å²) in [7, 11) is 1.73. The van der Waals surface area contributed by atoms with E-state index in [9.17, 15) is 9.59 Å². The van der Waals surface area contributed by atoms with Crippen LogP contribution < -0.4 is 10.1 Å². The summed E-state index contributed by atoms with van der Waals surface area (Å²) in [6, 6.07) is 5.17. The van der Waals surface area contributed by atoms with E-state index in [0.717, 1.165) is 36.3 Å². The summed E-state index contributed by atoms with van der Waals surface area (Å²) in [5, 5.41) is 2.76. The van der Waals surface area contributed by atoms with Gasteiger partial charge in [-0.3, -0.25) is 9.59 Å². The third-order valence-corrected chi connectivity index (χ3v) is 5.84. The van der Waals surface area contributed by atoms with Crippen LogP contribution >= 0.6 is 0 Å². The standard InChI is InChI=1S/C21H26N2O4/c1-13-7-10-17(20(24)22-13)23-12-14-11-15(8-9-16(14)21(23)25)27-19-6-4-3-5-18(19)26-2/h8-9,11,17-19H,1,3-7,10,12H2,2H3,(H,22,24)/t17?,18-,19+/m1/s1. The van der Waals surface area contributed by atoms with Crippen LogP contribution in [0.3, 0.4) is 0 Å². The van der Waals surface area contributed by atoms with E-state index in [-0.39, 0.29) is 24.0 Å². The van der Waals surface area contributed by atoms with E-state index < -0.39 is 6.04 Å². The van der Waals surface area contributed by atoms with Crippen LogP contribution in [-0.2, 0) is 16.1 Å². The van der Waals surface area contributed by atoms with Gasteiger partial charge < -0.3 is 19.7 Å². The number of nitrogens with zero attached hydrogens (tertiary/aromatic N) is 1. The average molecular weight is 370 g/mol. The first-order valence-corrected chi connectivity index (χ1v) is 9.69. The van der Waals surface area contributed by atoms with Gasteiger partial charge in [0, 0.05) is 24.9 Å². The molecule has 3 atom stereocenters. The van der Waals surface area contributed by atoms with E-state index in [1.807, 2.05) is 18.2 Å². The highest BCUT2D eigenvalue weighted by atomic mass is 16.5. The Morgan fingerprint density at radius 2 is 1.93 bits per heavy atom. The zero-order valence-electron chi connectivity index (χ0n) is 15.7. The van der Waals surface area contributed by atoms with Crippen molar-refractivity contribution in [3.05, 3.63) is 41.6 Å². The van der Waals surface area contributed by atoms with Gasteiger partial charge in [0.05, 0.1) is 6.10 Å². The second-order valence-corrected chi connectivity index (χ2v) is 7.61. The fourth-order valence-corrected chi connectivity index (χ4v) is 4.35. The lowest BCUT2D eigenvalue weighted by atomic mass is 9.94. The molecule has 1 saturated heterocycles. The molecule has 1 N–H and O–H groups in total. The van der Waals surface area contributed by atoms with Crippen LogP contribution in [0.25, 0.3) is 0 Å². The van der Waals surface area contributed by atoms with Crippen molar-refractivity contribution in [2.75, 3.05) is 7.11 Å². The molecule has 0 spiro atoms. The van der Waals surface area contributed by atoms with E-state index in [0.29, 0.717) is 24.9 Å². The molecule has 1 aromatic carbocycles. The number of piperidine rings is 1. The van der Waals surface area contributed by atoms with Gasteiger partial charge in [-0.1, -0.05) is 13.0 Å². The van der Waals surface area contributed by atoms with E-state index >= 15 is 0 Å². The minimum absolute atomic E-state index is 0.0464. The zero-order valence-corrected chi connectivity index (χ0v) is 15.7. The maximum absolute atomic E-state index is 12.8. The molecule has 2 aliphatic heterocycles. The Kier molecular flexibility index (Phi) is 4.91. The summed E-state index contributed by atoms with van der Waals surface area (Å²) in [5.74, 6) is 0.532. The molecule has 1 saturated carbocycles. The number of benzene rings is 1. The molecule has 0 aromatic heterocycles. The lowest BCUT2D eigenvalue weighted by Gasteiger charge is -2.31.